The summed E-state index contributed by atoms with van der Waals surface area (Å²) in [5.41, 5.74) is 5.33. The normalized spacial score (nSPS) is 14.4. The number of hydrogen-bond acceptors (Lipinski definition) is 1. The van der Waals surface area contributed by atoms with Gasteiger partial charge in [0.15, 0.2) is 0 Å². The van der Waals surface area contributed by atoms with Crippen LogP contribution in [-0.2, 0) is 0 Å². The van der Waals surface area contributed by atoms with Crippen molar-refractivity contribution in [2.24, 2.45) is 0 Å². The van der Waals surface area contributed by atoms with Gasteiger partial charge in [-0.15, -0.1) is 0 Å². The van der Waals surface area contributed by atoms with Gasteiger partial charge in [-0.05, 0) is 106 Å². The van der Waals surface area contributed by atoms with E-state index in [4.69, 9.17) is 9.90 Å². The zero-order valence-electron chi connectivity index (χ0n) is 38.1. The number of para-hydroxylation sites is 1. The van der Waals surface area contributed by atoms with Gasteiger partial charge in [-0.2, -0.15) is 0 Å². The van der Waals surface area contributed by atoms with E-state index < -0.39 is 12.1 Å². The van der Waals surface area contributed by atoms with Crippen LogP contribution in [0.5, 0.6) is 0 Å². The van der Waals surface area contributed by atoms with Gasteiger partial charge in [0.05, 0.1) is 13.7 Å². The molecule has 1 aromatic heterocycles. The average molecular weight is 683 g/mol. The van der Waals surface area contributed by atoms with Gasteiger partial charge < -0.3 is 4.42 Å². The molecule has 0 saturated carbocycles. The first-order valence-corrected chi connectivity index (χ1v) is 17.4. The van der Waals surface area contributed by atoms with Gasteiger partial charge in [0.25, 0.3) is 0 Å². The van der Waals surface area contributed by atoms with Crippen LogP contribution in [0.15, 0.2) is 198 Å². The van der Waals surface area contributed by atoms with Crippen LogP contribution in [0.2, 0.25) is 0 Å². The van der Waals surface area contributed by atoms with Crippen molar-refractivity contribution in [3.05, 3.63) is 194 Å². The van der Waals surface area contributed by atoms with E-state index in [1.165, 1.54) is 12.1 Å². The van der Waals surface area contributed by atoms with Gasteiger partial charge in [0, 0.05) is 16.3 Å². The second-order valence-electron chi connectivity index (χ2n) is 13.2. The molecular formula is C52H32O. The Morgan fingerprint density at radius 3 is 1.74 bits per heavy atom. The maximum atomic E-state index is 9.79. The number of benzene rings is 10. The lowest BCUT2D eigenvalue weighted by Crippen LogP contribution is -1.91. The highest BCUT2D eigenvalue weighted by molar-refractivity contribution is 6.24. The molecule has 0 unspecified atom stereocenters. The van der Waals surface area contributed by atoms with Crippen LogP contribution < -0.4 is 0 Å². The fourth-order valence-corrected chi connectivity index (χ4v) is 7.83. The first-order chi connectivity index (χ1) is 30.4. The average Bonchev–Trinajstić information content (AvgIpc) is 3.66. The summed E-state index contributed by atoms with van der Waals surface area (Å²) in [6, 6.07) is 38.4. The summed E-state index contributed by atoms with van der Waals surface area (Å²) in [5, 5.41) is 4.99. The smallest absolute Gasteiger partial charge is 0.143 e. The third-order valence-corrected chi connectivity index (χ3v) is 10.2. The first kappa shape index (κ1) is 21.4. The van der Waals surface area contributed by atoms with E-state index in [0.29, 0.717) is 43.8 Å². The summed E-state index contributed by atoms with van der Waals surface area (Å²) in [4.78, 5) is 0. The number of furan rings is 1. The molecule has 0 spiro atoms. The van der Waals surface area contributed by atoms with E-state index in [1.54, 1.807) is 24.3 Å². The quantitative estimate of drug-likeness (QED) is 0.168. The molecule has 10 aromatic carbocycles. The van der Waals surface area contributed by atoms with E-state index in [-0.39, 0.29) is 75.8 Å². The van der Waals surface area contributed by atoms with Gasteiger partial charge in [-0.3, -0.25) is 0 Å². The summed E-state index contributed by atoms with van der Waals surface area (Å²) in [5.74, 6) is 0. The molecule has 0 fully saturated rings. The second-order valence-corrected chi connectivity index (χ2v) is 13.2. The van der Waals surface area contributed by atoms with Gasteiger partial charge in [-0.1, -0.05) is 170 Å². The maximum absolute atomic E-state index is 9.79. The zero-order valence-corrected chi connectivity index (χ0v) is 28.1. The van der Waals surface area contributed by atoms with Crippen LogP contribution in [-0.4, -0.2) is 0 Å². The molecule has 1 heteroatoms. The van der Waals surface area contributed by atoms with Crippen molar-refractivity contribution in [2.75, 3.05) is 0 Å². The topological polar surface area (TPSA) is 13.1 Å². The van der Waals surface area contributed by atoms with Gasteiger partial charge in [0.2, 0.25) is 0 Å². The van der Waals surface area contributed by atoms with Crippen LogP contribution in [0.3, 0.4) is 0 Å². The van der Waals surface area contributed by atoms with Gasteiger partial charge in [-0.25, -0.2) is 0 Å². The Balaban J connectivity index is 1.20. The molecule has 0 aliphatic heterocycles. The Labute approximate surface area is 321 Å². The fraction of sp³-hybridized carbons (Fsp3) is 0. The summed E-state index contributed by atoms with van der Waals surface area (Å²) in [6.07, 6.45) is 0. The van der Waals surface area contributed by atoms with E-state index in [2.05, 4.69) is 0 Å². The third-order valence-electron chi connectivity index (χ3n) is 10.2. The molecule has 1 nitrogen and oxygen atoms in total. The van der Waals surface area contributed by atoms with Crippen LogP contribution in [0.1, 0.15) is 13.7 Å². The van der Waals surface area contributed by atoms with Crippen LogP contribution in [0, 0.1) is 0 Å². The van der Waals surface area contributed by atoms with Gasteiger partial charge >= 0.3 is 0 Å². The van der Waals surface area contributed by atoms with Crippen LogP contribution >= 0.6 is 0 Å². The molecule has 0 amide bonds. The predicted octanol–water partition coefficient (Wildman–Crippen LogP) is 14.9. The molecule has 11 aromatic rings. The minimum Gasteiger partial charge on any atom is -0.455 e. The lowest BCUT2D eigenvalue weighted by Gasteiger charge is -2.19. The highest BCUT2D eigenvalue weighted by atomic mass is 16.3. The van der Waals surface area contributed by atoms with E-state index in [1.807, 2.05) is 97.1 Å². The van der Waals surface area contributed by atoms with Crippen LogP contribution in [0.4, 0.5) is 0 Å². The summed E-state index contributed by atoms with van der Waals surface area (Å²) >= 11 is 0. The molecule has 246 valence electrons. The van der Waals surface area contributed by atoms with Gasteiger partial charge in [0.1, 0.15) is 11.2 Å². The summed E-state index contributed by atoms with van der Waals surface area (Å²) in [6.45, 7) is 0. The molecule has 0 aliphatic carbocycles. The molecule has 53 heavy (non-hydrogen) atoms. The molecule has 0 radical (unpaired) electrons. The van der Waals surface area contributed by atoms with E-state index >= 15 is 0 Å². The van der Waals surface area contributed by atoms with Crippen molar-refractivity contribution in [1.82, 2.24) is 0 Å². The summed E-state index contributed by atoms with van der Waals surface area (Å²) in [7, 11) is 0. The minimum absolute atomic E-state index is 0.0636. The maximum Gasteiger partial charge on any atom is 0.143 e. The monoisotopic (exact) mass is 682 g/mol. The third kappa shape index (κ3) is 4.71. The first-order valence-electron chi connectivity index (χ1n) is 22.4. The number of hydrogen-bond donors (Lipinski definition) is 0. The standard InChI is InChI=1S/C52H32O/c1-2-12-34(13-3-1)41-21-11-23-47-48-32-38(28-29-49(48)53-52(41)47)36-24-25-37-31-39(27-26-35(37)30-36)50-43-17-6-8-19-45(43)51(46-20-9-7-18-44(46)50)42-22-10-15-33-14-4-5-16-40(33)42/h1-32H/i6D,7D,8D,9D,24D,25D,26D,27D,30D,31D. The zero-order chi connectivity index (χ0) is 43.6. The minimum atomic E-state index is -0.413. The van der Waals surface area contributed by atoms with Crippen LogP contribution in [0.25, 0.3) is 110 Å². The van der Waals surface area contributed by atoms with E-state index in [9.17, 15) is 8.22 Å². The van der Waals surface area contributed by atoms with E-state index in [0.717, 1.165) is 38.2 Å². The lowest BCUT2D eigenvalue weighted by molar-refractivity contribution is 0.670. The molecule has 0 atom stereocenters. The molecule has 0 saturated heterocycles. The van der Waals surface area contributed by atoms with Crippen molar-refractivity contribution in [1.29, 1.82) is 0 Å². The van der Waals surface area contributed by atoms with Crippen molar-refractivity contribution in [2.45, 2.75) is 0 Å². The Morgan fingerprint density at radius 1 is 0.358 bits per heavy atom. The molecule has 11 rings (SSSR count). The fourth-order valence-electron chi connectivity index (χ4n) is 7.83. The lowest BCUT2D eigenvalue weighted by atomic mass is 9.84. The SMILES string of the molecule is [2H]c1cc2c(-c3c([2H])c([2H])c4c([2H])c(-c5ccc6oc7c(-c8ccccc8)cccc7c6c5)c([2H])c([2H])c4c3[2H])c3cc([2H])c([2H])cc3c(-c3cccc4ccccc34)c2cc1[2H]. The second kappa shape index (κ2) is 11.8. The van der Waals surface area contributed by atoms with Crippen molar-refractivity contribution >= 4 is 65.0 Å². The Hall–Kier alpha value is -6.96. The highest BCUT2D eigenvalue weighted by Crippen LogP contribution is 2.46. The number of rotatable bonds is 4. The Kier molecular flexibility index (Phi) is 4.77. The highest BCUT2D eigenvalue weighted by Gasteiger charge is 2.18. The van der Waals surface area contributed by atoms with Crippen molar-refractivity contribution < 1.29 is 18.1 Å². The number of fused-ring (bicyclic) bond motifs is 7. The Bertz CT molecular complexity index is 3730. The molecule has 0 N–H and O–H groups in total. The molecule has 0 aliphatic rings. The largest absolute Gasteiger partial charge is 0.455 e. The summed E-state index contributed by atoms with van der Waals surface area (Å²) < 4.78 is 98.8. The van der Waals surface area contributed by atoms with Crippen molar-refractivity contribution in [3.8, 4) is 44.5 Å². The Morgan fingerprint density at radius 2 is 0.962 bits per heavy atom. The predicted molar refractivity (Wildman–Crippen MR) is 225 cm³/mol. The molecular weight excluding hydrogens is 641 g/mol. The molecule has 1 heterocycles. The van der Waals surface area contributed by atoms with Crippen molar-refractivity contribution in [3.63, 3.8) is 0 Å². The molecule has 0 bridgehead atoms.